The van der Waals surface area contributed by atoms with Gasteiger partial charge in [-0.05, 0) is 54.3 Å². The Bertz CT molecular complexity index is 1580. The van der Waals surface area contributed by atoms with Crippen LogP contribution in [0, 0.1) is 0 Å². The molecule has 5 aromatic rings. The number of nitrogen functional groups attached to an aromatic ring is 1. The summed E-state index contributed by atoms with van der Waals surface area (Å²) in [7, 11) is 0. The number of anilines is 2. The quantitative estimate of drug-likeness (QED) is 0.302. The molecule has 7 nitrogen and oxygen atoms in total. The summed E-state index contributed by atoms with van der Waals surface area (Å²) < 4.78 is 1.66. The lowest BCUT2D eigenvalue weighted by atomic mass is 10.1. The molecule has 0 radical (unpaired) electrons. The van der Waals surface area contributed by atoms with Gasteiger partial charge in [0.15, 0.2) is 0 Å². The van der Waals surface area contributed by atoms with Crippen LogP contribution in [0.3, 0.4) is 0 Å². The molecule has 3 aromatic carbocycles. The minimum absolute atomic E-state index is 0.118. The second kappa shape index (κ2) is 9.12. The molecular formula is C27H22ClN5O2. The summed E-state index contributed by atoms with van der Waals surface area (Å²) in [5.74, 6) is 0.789. The number of hydrogen-bond acceptors (Lipinski definition) is 6. The number of aromatic hydroxyl groups is 1. The van der Waals surface area contributed by atoms with Gasteiger partial charge in [-0.15, -0.1) is 0 Å². The van der Waals surface area contributed by atoms with Crippen molar-refractivity contribution in [3.63, 3.8) is 0 Å². The molecule has 2 aromatic heterocycles. The largest absolute Gasteiger partial charge is 0.508 e. The predicted molar refractivity (Wildman–Crippen MR) is 140 cm³/mol. The van der Waals surface area contributed by atoms with Crippen LogP contribution >= 0.6 is 11.6 Å². The number of benzene rings is 3. The molecule has 1 atom stereocenters. The van der Waals surface area contributed by atoms with Crippen molar-refractivity contribution >= 4 is 34.1 Å². The second-order valence-electron chi connectivity index (χ2n) is 8.15. The Balaban J connectivity index is 1.66. The summed E-state index contributed by atoms with van der Waals surface area (Å²) >= 11 is 6.42. The van der Waals surface area contributed by atoms with Gasteiger partial charge in [-0.3, -0.25) is 9.36 Å². The molecule has 0 spiro atoms. The molecule has 0 aliphatic rings. The van der Waals surface area contributed by atoms with E-state index in [1.807, 2.05) is 55.5 Å². The molecule has 0 saturated carbocycles. The van der Waals surface area contributed by atoms with Crippen molar-refractivity contribution in [2.45, 2.75) is 13.0 Å². The van der Waals surface area contributed by atoms with Crippen LogP contribution < -0.4 is 16.6 Å². The lowest BCUT2D eigenvalue weighted by molar-refractivity contribution is 0.475. The van der Waals surface area contributed by atoms with E-state index in [1.54, 1.807) is 41.1 Å². The average molecular weight is 484 g/mol. The Morgan fingerprint density at radius 3 is 2.51 bits per heavy atom. The fourth-order valence-corrected chi connectivity index (χ4v) is 4.40. The first kappa shape index (κ1) is 22.4. The molecule has 0 saturated heterocycles. The number of hydrogen-bond donors (Lipinski definition) is 3. The van der Waals surface area contributed by atoms with E-state index >= 15 is 0 Å². The van der Waals surface area contributed by atoms with Crippen molar-refractivity contribution in [3.05, 3.63) is 106 Å². The number of phenolic OH excluding ortho intramolecular Hbond substituents is 1. The van der Waals surface area contributed by atoms with Gasteiger partial charge in [-0.2, -0.15) is 4.98 Å². The zero-order chi connectivity index (χ0) is 24.5. The van der Waals surface area contributed by atoms with Crippen molar-refractivity contribution in [2.75, 3.05) is 11.1 Å². The summed E-state index contributed by atoms with van der Waals surface area (Å²) in [4.78, 5) is 22.2. The highest BCUT2D eigenvalue weighted by atomic mass is 35.5. The van der Waals surface area contributed by atoms with Gasteiger partial charge in [0, 0.05) is 23.1 Å². The topological polar surface area (TPSA) is 106 Å². The zero-order valence-corrected chi connectivity index (χ0v) is 19.6. The first-order valence-corrected chi connectivity index (χ1v) is 11.4. The maximum atomic E-state index is 13.7. The molecule has 8 heteroatoms. The highest BCUT2D eigenvalue weighted by molar-refractivity contribution is 6.35. The number of nitrogens with one attached hydrogen (secondary N) is 1. The van der Waals surface area contributed by atoms with Gasteiger partial charge in [0.25, 0.3) is 5.56 Å². The summed E-state index contributed by atoms with van der Waals surface area (Å²) in [6.07, 6.45) is 1.63. The van der Waals surface area contributed by atoms with Crippen LogP contribution in [0.4, 0.5) is 11.8 Å². The molecule has 4 N–H and O–H groups in total. The number of aromatic nitrogens is 3. The number of nitrogens with two attached hydrogens (primary N) is 1. The molecule has 35 heavy (non-hydrogen) atoms. The van der Waals surface area contributed by atoms with Gasteiger partial charge in [-0.25, -0.2) is 4.98 Å². The molecule has 1 unspecified atom stereocenters. The van der Waals surface area contributed by atoms with E-state index in [-0.39, 0.29) is 23.3 Å². The molecule has 5 rings (SSSR count). The van der Waals surface area contributed by atoms with Crippen molar-refractivity contribution in [3.8, 4) is 22.6 Å². The van der Waals surface area contributed by atoms with Crippen LogP contribution in [0.2, 0.25) is 5.02 Å². The number of fused-ring (bicyclic) bond motifs is 1. The monoisotopic (exact) mass is 483 g/mol. The standard InChI is InChI=1S/C27H22ClN5O2/c1-16(31-25-21(15-30-27(29)32-25)17-10-12-20(34)13-11-17)23-14-18-6-5-9-22(28)24(18)26(35)33(23)19-7-3-2-4-8-19/h2-16,34H,1H3,(H3,29,30,31,32). The summed E-state index contributed by atoms with van der Waals surface area (Å²) in [5, 5.41) is 14.7. The maximum Gasteiger partial charge on any atom is 0.264 e. The third-order valence-electron chi connectivity index (χ3n) is 5.82. The highest BCUT2D eigenvalue weighted by Gasteiger charge is 2.19. The van der Waals surface area contributed by atoms with Gasteiger partial charge in [0.05, 0.1) is 16.5 Å². The molecule has 0 aliphatic carbocycles. The van der Waals surface area contributed by atoms with E-state index in [2.05, 4.69) is 15.3 Å². The first-order chi connectivity index (χ1) is 16.9. The van der Waals surface area contributed by atoms with E-state index < -0.39 is 0 Å². The lowest BCUT2D eigenvalue weighted by Gasteiger charge is -2.22. The molecule has 174 valence electrons. The van der Waals surface area contributed by atoms with Crippen LogP contribution in [0.15, 0.2) is 89.9 Å². The smallest absolute Gasteiger partial charge is 0.264 e. The van der Waals surface area contributed by atoms with Gasteiger partial charge >= 0.3 is 0 Å². The summed E-state index contributed by atoms with van der Waals surface area (Å²) in [6.45, 7) is 1.95. The van der Waals surface area contributed by atoms with Crippen LogP contribution in [0.1, 0.15) is 18.7 Å². The van der Waals surface area contributed by atoms with Gasteiger partial charge in [0.1, 0.15) is 11.6 Å². The SMILES string of the molecule is CC(Nc1nc(N)ncc1-c1ccc(O)cc1)c1cc2cccc(Cl)c2c(=O)n1-c1ccccc1. The molecule has 0 bridgehead atoms. The second-order valence-corrected chi connectivity index (χ2v) is 8.56. The molecule has 2 heterocycles. The Morgan fingerprint density at radius 1 is 1.03 bits per heavy atom. The van der Waals surface area contributed by atoms with Gasteiger partial charge < -0.3 is 16.2 Å². The van der Waals surface area contributed by atoms with E-state index in [4.69, 9.17) is 17.3 Å². The maximum absolute atomic E-state index is 13.7. The van der Waals surface area contributed by atoms with Crippen molar-refractivity contribution < 1.29 is 5.11 Å². The van der Waals surface area contributed by atoms with Crippen molar-refractivity contribution in [1.29, 1.82) is 0 Å². The molecular weight excluding hydrogens is 462 g/mol. The Hall–Kier alpha value is -4.36. The van der Waals surface area contributed by atoms with Crippen molar-refractivity contribution in [2.24, 2.45) is 0 Å². The number of phenols is 1. The third-order valence-corrected chi connectivity index (χ3v) is 6.14. The van der Waals surface area contributed by atoms with E-state index in [9.17, 15) is 9.90 Å². The Morgan fingerprint density at radius 2 is 1.77 bits per heavy atom. The molecule has 0 amide bonds. The number of rotatable bonds is 5. The normalized spacial score (nSPS) is 11.9. The average Bonchev–Trinajstić information content (AvgIpc) is 2.85. The number of nitrogens with zero attached hydrogens (tertiary/aromatic N) is 3. The van der Waals surface area contributed by atoms with E-state index in [0.29, 0.717) is 21.8 Å². The minimum Gasteiger partial charge on any atom is -0.508 e. The number of pyridine rings is 1. The Labute approximate surface area is 206 Å². The zero-order valence-electron chi connectivity index (χ0n) is 18.8. The minimum atomic E-state index is -0.351. The third kappa shape index (κ3) is 4.29. The van der Waals surface area contributed by atoms with Crippen LogP contribution in [-0.2, 0) is 0 Å². The van der Waals surface area contributed by atoms with Crippen LogP contribution in [0.5, 0.6) is 5.75 Å². The van der Waals surface area contributed by atoms with Crippen molar-refractivity contribution in [1.82, 2.24) is 14.5 Å². The predicted octanol–water partition coefficient (Wildman–Crippen LogP) is 5.56. The summed E-state index contributed by atoms with van der Waals surface area (Å²) in [6, 6.07) is 23.2. The summed E-state index contributed by atoms with van der Waals surface area (Å²) in [5.41, 5.74) is 8.68. The Kier molecular flexibility index (Phi) is 5.84. The number of para-hydroxylation sites is 1. The fourth-order valence-electron chi connectivity index (χ4n) is 4.14. The highest BCUT2D eigenvalue weighted by Crippen LogP contribution is 2.32. The van der Waals surface area contributed by atoms with Gasteiger partial charge in [-0.1, -0.05) is 54.1 Å². The van der Waals surface area contributed by atoms with E-state index in [1.165, 1.54) is 0 Å². The fraction of sp³-hybridized carbons (Fsp3) is 0.0741. The number of halogens is 1. The van der Waals surface area contributed by atoms with E-state index in [0.717, 1.165) is 22.3 Å². The van der Waals surface area contributed by atoms with Crippen LogP contribution in [-0.4, -0.2) is 19.6 Å². The lowest BCUT2D eigenvalue weighted by Crippen LogP contribution is -2.26. The molecule has 0 aliphatic heterocycles. The van der Waals surface area contributed by atoms with Crippen LogP contribution in [0.25, 0.3) is 27.6 Å². The molecule has 0 fully saturated rings. The first-order valence-electron chi connectivity index (χ1n) is 11.0. The van der Waals surface area contributed by atoms with Gasteiger partial charge in [0.2, 0.25) is 5.95 Å².